The molecule has 0 aromatic heterocycles. The molecule has 21 heavy (non-hydrogen) atoms. The minimum Gasteiger partial charge on any atom is -0.465 e. The van der Waals surface area contributed by atoms with Crippen LogP contribution in [0.4, 0.5) is 0 Å². The summed E-state index contributed by atoms with van der Waals surface area (Å²) in [5.41, 5.74) is 6.02. The van der Waals surface area contributed by atoms with Crippen LogP contribution >= 0.6 is 0 Å². The Morgan fingerprint density at radius 2 is 1.48 bits per heavy atom. The number of carbonyl (C=O) groups is 1. The van der Waals surface area contributed by atoms with Gasteiger partial charge in [-0.15, -0.1) is 0 Å². The zero-order valence-corrected chi connectivity index (χ0v) is 13.0. The Labute approximate surface area is 125 Å². The van der Waals surface area contributed by atoms with Gasteiger partial charge in [-0.3, -0.25) is 4.79 Å². The minimum absolute atomic E-state index is 0.166. The van der Waals surface area contributed by atoms with Gasteiger partial charge >= 0.3 is 5.97 Å². The van der Waals surface area contributed by atoms with Gasteiger partial charge in [0.05, 0.1) is 6.61 Å². The molecule has 2 nitrogen and oxygen atoms in total. The molecule has 2 aromatic carbocycles. The van der Waals surface area contributed by atoms with Crippen molar-refractivity contribution in [1.29, 1.82) is 0 Å². The largest absolute Gasteiger partial charge is 0.465 e. The maximum absolute atomic E-state index is 12.7. The number of esters is 1. The maximum atomic E-state index is 12.7. The predicted molar refractivity (Wildman–Crippen MR) is 84.4 cm³/mol. The highest BCUT2D eigenvalue weighted by atomic mass is 16.5. The molecule has 0 amide bonds. The predicted octanol–water partition coefficient (Wildman–Crippen LogP) is 4.15. The van der Waals surface area contributed by atoms with Gasteiger partial charge in [-0.1, -0.05) is 47.5 Å². The van der Waals surface area contributed by atoms with Crippen molar-refractivity contribution in [2.45, 2.75) is 33.1 Å². The lowest BCUT2D eigenvalue weighted by Crippen LogP contribution is -2.33. The van der Waals surface area contributed by atoms with Crippen molar-refractivity contribution in [2.24, 2.45) is 0 Å². The van der Waals surface area contributed by atoms with Crippen molar-refractivity contribution in [3.8, 4) is 11.1 Å². The lowest BCUT2D eigenvalue weighted by molar-refractivity contribution is -0.147. The molecule has 0 saturated heterocycles. The lowest BCUT2D eigenvalue weighted by Gasteiger charge is -2.25. The molecular weight excluding hydrogens is 260 g/mol. The minimum atomic E-state index is -0.710. The second kappa shape index (κ2) is 4.73. The molecule has 0 saturated carbocycles. The number of hydrogen-bond acceptors (Lipinski definition) is 2. The average molecular weight is 280 g/mol. The molecule has 0 atom stereocenters. The fourth-order valence-electron chi connectivity index (χ4n) is 3.25. The summed E-state index contributed by atoms with van der Waals surface area (Å²) in [4.78, 5) is 12.7. The molecule has 1 aliphatic carbocycles. The molecule has 0 unspecified atom stereocenters. The van der Waals surface area contributed by atoms with E-state index in [0.717, 1.165) is 33.4 Å². The Balaban J connectivity index is 2.32. The van der Waals surface area contributed by atoms with Crippen molar-refractivity contribution < 1.29 is 9.53 Å². The Kier molecular flexibility index (Phi) is 3.12. The fourth-order valence-corrected chi connectivity index (χ4v) is 3.25. The highest BCUT2D eigenvalue weighted by Gasteiger charge is 2.46. The van der Waals surface area contributed by atoms with Gasteiger partial charge in [-0.25, -0.2) is 0 Å². The summed E-state index contributed by atoms with van der Waals surface area (Å²) >= 11 is 0. The Hall–Kier alpha value is -2.09. The zero-order valence-electron chi connectivity index (χ0n) is 13.0. The van der Waals surface area contributed by atoms with E-state index in [2.05, 4.69) is 50.2 Å². The standard InChI is InChI=1S/C19H20O2/c1-5-21-18(20)19(4)16-10-12(2)6-8-14(16)15-9-7-13(3)11-17(15)19/h6-11H,5H2,1-4H3. The maximum Gasteiger partial charge on any atom is 0.320 e. The average Bonchev–Trinajstić information content (AvgIpc) is 2.70. The van der Waals surface area contributed by atoms with Crippen LogP contribution in [-0.4, -0.2) is 12.6 Å². The summed E-state index contributed by atoms with van der Waals surface area (Å²) in [5.74, 6) is -0.166. The first-order chi connectivity index (χ1) is 9.98. The molecule has 0 N–H and O–H groups in total. The lowest BCUT2D eigenvalue weighted by atomic mass is 9.79. The summed E-state index contributed by atoms with van der Waals surface area (Å²) in [7, 11) is 0. The highest BCUT2D eigenvalue weighted by Crippen LogP contribution is 2.49. The van der Waals surface area contributed by atoms with E-state index >= 15 is 0 Å². The molecule has 1 aliphatic rings. The summed E-state index contributed by atoms with van der Waals surface area (Å²) in [6.07, 6.45) is 0. The van der Waals surface area contributed by atoms with Crippen LogP contribution in [-0.2, 0) is 14.9 Å². The topological polar surface area (TPSA) is 26.3 Å². The van der Waals surface area contributed by atoms with Crippen LogP contribution in [0.3, 0.4) is 0 Å². The van der Waals surface area contributed by atoms with Crippen molar-refractivity contribution in [1.82, 2.24) is 0 Å². The number of hydrogen-bond donors (Lipinski definition) is 0. The van der Waals surface area contributed by atoms with Crippen LogP contribution < -0.4 is 0 Å². The van der Waals surface area contributed by atoms with Crippen molar-refractivity contribution in [3.05, 3.63) is 58.7 Å². The molecule has 0 bridgehead atoms. The van der Waals surface area contributed by atoms with Gasteiger partial charge in [-0.05, 0) is 49.9 Å². The van der Waals surface area contributed by atoms with Crippen molar-refractivity contribution in [2.75, 3.05) is 6.61 Å². The number of carbonyl (C=O) groups excluding carboxylic acids is 1. The molecule has 108 valence electrons. The van der Waals surface area contributed by atoms with Crippen LogP contribution in [0.15, 0.2) is 36.4 Å². The number of benzene rings is 2. The van der Waals surface area contributed by atoms with E-state index in [1.165, 1.54) is 0 Å². The third-order valence-corrected chi connectivity index (χ3v) is 4.40. The molecule has 0 radical (unpaired) electrons. The van der Waals surface area contributed by atoms with E-state index in [0.29, 0.717) is 6.61 Å². The third-order valence-electron chi connectivity index (χ3n) is 4.40. The quantitative estimate of drug-likeness (QED) is 0.772. The van der Waals surface area contributed by atoms with Crippen molar-refractivity contribution in [3.63, 3.8) is 0 Å². The molecule has 3 rings (SSSR count). The van der Waals surface area contributed by atoms with E-state index < -0.39 is 5.41 Å². The number of aryl methyl sites for hydroxylation is 2. The molecule has 0 heterocycles. The normalized spacial score (nSPS) is 14.5. The second-order valence-electron chi connectivity index (χ2n) is 5.94. The van der Waals surface area contributed by atoms with Gasteiger partial charge in [0.15, 0.2) is 0 Å². The first kappa shape index (κ1) is 13.9. The smallest absolute Gasteiger partial charge is 0.320 e. The highest BCUT2D eigenvalue weighted by molar-refractivity contribution is 5.97. The van der Waals surface area contributed by atoms with E-state index in [4.69, 9.17) is 4.74 Å². The van der Waals surface area contributed by atoms with Gasteiger partial charge in [0.2, 0.25) is 0 Å². The van der Waals surface area contributed by atoms with Crippen LogP contribution in [0, 0.1) is 13.8 Å². The fraction of sp³-hybridized carbons (Fsp3) is 0.316. The van der Waals surface area contributed by atoms with E-state index in [1.807, 2.05) is 13.8 Å². The van der Waals surface area contributed by atoms with Crippen LogP contribution in [0.2, 0.25) is 0 Å². The van der Waals surface area contributed by atoms with Gasteiger partial charge < -0.3 is 4.74 Å². The van der Waals surface area contributed by atoms with E-state index in [9.17, 15) is 4.79 Å². The number of ether oxygens (including phenoxy) is 1. The molecule has 2 heteroatoms. The molecule has 0 aliphatic heterocycles. The molecule has 0 fully saturated rings. The first-order valence-corrected chi connectivity index (χ1v) is 7.38. The van der Waals surface area contributed by atoms with Crippen molar-refractivity contribution >= 4 is 5.97 Å². The number of fused-ring (bicyclic) bond motifs is 3. The van der Waals surface area contributed by atoms with Gasteiger partial charge in [0, 0.05) is 0 Å². The number of rotatable bonds is 2. The summed E-state index contributed by atoms with van der Waals surface area (Å²) in [6.45, 7) is 8.34. The first-order valence-electron chi connectivity index (χ1n) is 7.38. The Bertz CT molecular complexity index is 677. The molecular formula is C19H20O2. The SMILES string of the molecule is CCOC(=O)C1(C)c2cc(C)ccc2-c2ccc(C)cc21. The third kappa shape index (κ3) is 1.90. The molecule has 0 spiro atoms. The summed E-state index contributed by atoms with van der Waals surface area (Å²) in [5, 5.41) is 0. The summed E-state index contributed by atoms with van der Waals surface area (Å²) < 4.78 is 5.38. The van der Waals surface area contributed by atoms with Gasteiger partial charge in [0.1, 0.15) is 5.41 Å². The molecule has 2 aromatic rings. The van der Waals surface area contributed by atoms with Crippen LogP contribution in [0.1, 0.15) is 36.1 Å². The Morgan fingerprint density at radius 3 is 1.90 bits per heavy atom. The monoisotopic (exact) mass is 280 g/mol. The van der Waals surface area contributed by atoms with Crippen LogP contribution in [0.5, 0.6) is 0 Å². The van der Waals surface area contributed by atoms with Gasteiger partial charge in [0.25, 0.3) is 0 Å². The van der Waals surface area contributed by atoms with Crippen LogP contribution in [0.25, 0.3) is 11.1 Å². The van der Waals surface area contributed by atoms with E-state index in [-0.39, 0.29) is 5.97 Å². The second-order valence-corrected chi connectivity index (χ2v) is 5.94. The van der Waals surface area contributed by atoms with Gasteiger partial charge in [-0.2, -0.15) is 0 Å². The Morgan fingerprint density at radius 1 is 1.00 bits per heavy atom. The summed E-state index contributed by atoms with van der Waals surface area (Å²) in [6, 6.07) is 12.6. The van der Waals surface area contributed by atoms with E-state index in [1.54, 1.807) is 0 Å². The zero-order chi connectivity index (χ0) is 15.2.